The first-order valence-electron chi connectivity index (χ1n) is 8.12. The summed E-state index contributed by atoms with van der Waals surface area (Å²) in [4.78, 5) is 27.1. The topological polar surface area (TPSA) is 49.4 Å². The lowest BCUT2D eigenvalue weighted by molar-refractivity contribution is -0.157. The molecule has 2 amide bonds. The van der Waals surface area contributed by atoms with E-state index in [4.69, 9.17) is 0 Å². The quantitative estimate of drug-likeness (QED) is 0.808. The van der Waals surface area contributed by atoms with Crippen LogP contribution in [0.4, 0.5) is 0 Å². The monoisotopic (exact) mass is 280 g/mol. The first-order chi connectivity index (χ1) is 9.47. The number of hydrogen-bond acceptors (Lipinski definition) is 2. The van der Waals surface area contributed by atoms with E-state index >= 15 is 0 Å². The Morgan fingerprint density at radius 1 is 1.15 bits per heavy atom. The molecule has 114 valence electrons. The van der Waals surface area contributed by atoms with Crippen molar-refractivity contribution in [1.82, 2.24) is 10.2 Å². The fraction of sp³-hybridized carbons (Fsp3) is 0.875. The molecular formula is C16H28N2O2. The van der Waals surface area contributed by atoms with Crippen molar-refractivity contribution in [2.24, 2.45) is 0 Å². The lowest BCUT2D eigenvalue weighted by Gasteiger charge is -2.46. The minimum atomic E-state index is -0.756. The molecule has 1 aliphatic carbocycles. The summed E-state index contributed by atoms with van der Waals surface area (Å²) in [5, 5.41) is 2.89. The molecule has 0 aromatic rings. The highest BCUT2D eigenvalue weighted by Crippen LogP contribution is 2.29. The SMILES string of the molecule is CCCC1C(=O)NC(C)(C)C(=O)N1C1CCCCCC1. The molecule has 1 heterocycles. The molecule has 4 nitrogen and oxygen atoms in total. The number of nitrogens with one attached hydrogen (secondary N) is 1. The zero-order chi connectivity index (χ0) is 14.8. The molecule has 1 saturated heterocycles. The van der Waals surface area contributed by atoms with Crippen LogP contribution in [0.15, 0.2) is 0 Å². The van der Waals surface area contributed by atoms with E-state index in [2.05, 4.69) is 12.2 Å². The van der Waals surface area contributed by atoms with Crippen molar-refractivity contribution in [3.05, 3.63) is 0 Å². The fourth-order valence-electron chi connectivity index (χ4n) is 3.54. The van der Waals surface area contributed by atoms with Gasteiger partial charge < -0.3 is 10.2 Å². The van der Waals surface area contributed by atoms with Gasteiger partial charge >= 0.3 is 0 Å². The number of rotatable bonds is 3. The van der Waals surface area contributed by atoms with E-state index in [-0.39, 0.29) is 23.9 Å². The van der Waals surface area contributed by atoms with E-state index in [1.807, 2.05) is 18.7 Å². The Labute approximate surface area is 122 Å². The van der Waals surface area contributed by atoms with Crippen molar-refractivity contribution in [3.8, 4) is 0 Å². The maximum atomic E-state index is 12.8. The molecule has 1 atom stereocenters. The summed E-state index contributed by atoms with van der Waals surface area (Å²) in [5.41, 5.74) is -0.756. The lowest BCUT2D eigenvalue weighted by atomic mass is 9.91. The third-order valence-electron chi connectivity index (χ3n) is 4.62. The summed E-state index contributed by atoms with van der Waals surface area (Å²) in [6, 6.07) is -0.00417. The molecule has 0 aromatic heterocycles. The second-order valence-corrected chi connectivity index (χ2v) is 6.78. The van der Waals surface area contributed by atoms with E-state index in [1.54, 1.807) is 0 Å². The van der Waals surface area contributed by atoms with Crippen LogP contribution < -0.4 is 5.32 Å². The van der Waals surface area contributed by atoms with Crippen LogP contribution in [0.3, 0.4) is 0 Å². The summed E-state index contributed by atoms with van der Waals surface area (Å²) in [6.07, 6.45) is 8.66. The first-order valence-corrected chi connectivity index (χ1v) is 8.12. The molecule has 1 saturated carbocycles. The van der Waals surface area contributed by atoms with Gasteiger partial charge in [-0.25, -0.2) is 0 Å². The van der Waals surface area contributed by atoms with Crippen LogP contribution in [0.1, 0.15) is 72.1 Å². The van der Waals surface area contributed by atoms with Gasteiger partial charge in [0.15, 0.2) is 0 Å². The van der Waals surface area contributed by atoms with Crippen LogP contribution in [0.25, 0.3) is 0 Å². The number of carbonyl (C=O) groups is 2. The molecule has 0 spiro atoms. The molecule has 4 heteroatoms. The Bertz CT molecular complexity index is 371. The van der Waals surface area contributed by atoms with E-state index in [1.165, 1.54) is 25.7 Å². The summed E-state index contributed by atoms with van der Waals surface area (Å²) >= 11 is 0. The summed E-state index contributed by atoms with van der Waals surface area (Å²) in [7, 11) is 0. The van der Waals surface area contributed by atoms with Gasteiger partial charge in [0.1, 0.15) is 11.6 Å². The van der Waals surface area contributed by atoms with Gasteiger partial charge in [0, 0.05) is 6.04 Å². The van der Waals surface area contributed by atoms with E-state index in [0.29, 0.717) is 0 Å². The van der Waals surface area contributed by atoms with E-state index in [9.17, 15) is 9.59 Å². The predicted octanol–water partition coefficient (Wildman–Crippen LogP) is 2.61. The smallest absolute Gasteiger partial charge is 0.248 e. The third kappa shape index (κ3) is 2.99. The van der Waals surface area contributed by atoms with Gasteiger partial charge in [0.2, 0.25) is 11.8 Å². The van der Waals surface area contributed by atoms with Crippen molar-refractivity contribution in [2.45, 2.75) is 89.8 Å². The van der Waals surface area contributed by atoms with Gasteiger partial charge in [0.25, 0.3) is 0 Å². The average Bonchev–Trinajstić information content (AvgIpc) is 2.65. The maximum Gasteiger partial charge on any atom is 0.248 e. The van der Waals surface area contributed by atoms with Gasteiger partial charge in [-0.3, -0.25) is 9.59 Å². The van der Waals surface area contributed by atoms with Crippen LogP contribution >= 0.6 is 0 Å². The van der Waals surface area contributed by atoms with Crippen LogP contribution in [0.2, 0.25) is 0 Å². The zero-order valence-electron chi connectivity index (χ0n) is 13.1. The summed E-state index contributed by atoms with van der Waals surface area (Å²) in [5.74, 6) is 0.128. The van der Waals surface area contributed by atoms with Crippen molar-refractivity contribution >= 4 is 11.8 Å². The Balaban J connectivity index is 2.25. The first kappa shape index (κ1) is 15.3. The number of piperazine rings is 1. The highest BCUT2D eigenvalue weighted by molar-refractivity contribution is 5.99. The number of carbonyl (C=O) groups excluding carboxylic acids is 2. The number of amides is 2. The molecular weight excluding hydrogens is 252 g/mol. The van der Waals surface area contributed by atoms with Gasteiger partial charge in [-0.05, 0) is 33.1 Å². The van der Waals surface area contributed by atoms with Gasteiger partial charge in [-0.15, -0.1) is 0 Å². The molecule has 1 unspecified atom stereocenters. The number of nitrogens with zero attached hydrogens (tertiary/aromatic N) is 1. The van der Waals surface area contributed by atoms with Crippen molar-refractivity contribution in [2.75, 3.05) is 0 Å². The fourth-order valence-corrected chi connectivity index (χ4v) is 3.54. The highest BCUT2D eigenvalue weighted by Gasteiger charge is 2.47. The normalized spacial score (nSPS) is 28.1. The van der Waals surface area contributed by atoms with Crippen LogP contribution in [0.5, 0.6) is 0 Å². The summed E-state index contributed by atoms with van der Waals surface area (Å²) in [6.45, 7) is 5.71. The minimum Gasteiger partial charge on any atom is -0.340 e. The van der Waals surface area contributed by atoms with Crippen molar-refractivity contribution < 1.29 is 9.59 Å². The second kappa shape index (κ2) is 6.15. The van der Waals surface area contributed by atoms with Crippen molar-refractivity contribution in [1.29, 1.82) is 0 Å². The highest BCUT2D eigenvalue weighted by atomic mass is 16.2. The Morgan fingerprint density at radius 3 is 2.30 bits per heavy atom. The predicted molar refractivity (Wildman–Crippen MR) is 79.3 cm³/mol. The largest absolute Gasteiger partial charge is 0.340 e. The van der Waals surface area contributed by atoms with Crippen LogP contribution in [-0.2, 0) is 9.59 Å². The Morgan fingerprint density at radius 2 is 1.75 bits per heavy atom. The zero-order valence-corrected chi connectivity index (χ0v) is 13.1. The molecule has 2 aliphatic rings. The van der Waals surface area contributed by atoms with Crippen LogP contribution in [0, 0.1) is 0 Å². The molecule has 20 heavy (non-hydrogen) atoms. The molecule has 0 radical (unpaired) electrons. The van der Waals surface area contributed by atoms with Gasteiger partial charge in [-0.2, -0.15) is 0 Å². The van der Waals surface area contributed by atoms with Crippen molar-refractivity contribution in [3.63, 3.8) is 0 Å². The Hall–Kier alpha value is -1.06. The van der Waals surface area contributed by atoms with E-state index in [0.717, 1.165) is 25.7 Å². The lowest BCUT2D eigenvalue weighted by Crippen LogP contribution is -2.69. The molecule has 2 fully saturated rings. The molecule has 0 bridgehead atoms. The van der Waals surface area contributed by atoms with Gasteiger partial charge in [-0.1, -0.05) is 39.0 Å². The maximum absolute atomic E-state index is 12.8. The Kier molecular flexibility index (Phi) is 4.71. The average molecular weight is 280 g/mol. The summed E-state index contributed by atoms with van der Waals surface area (Å²) < 4.78 is 0. The molecule has 0 aromatic carbocycles. The molecule has 1 aliphatic heterocycles. The third-order valence-corrected chi connectivity index (χ3v) is 4.62. The van der Waals surface area contributed by atoms with Gasteiger partial charge in [0.05, 0.1) is 0 Å². The number of hydrogen-bond donors (Lipinski definition) is 1. The molecule has 2 rings (SSSR count). The van der Waals surface area contributed by atoms with E-state index < -0.39 is 5.54 Å². The minimum absolute atomic E-state index is 0.0284. The second-order valence-electron chi connectivity index (χ2n) is 6.78. The standard InChI is InChI=1S/C16H28N2O2/c1-4-9-13-14(19)17-16(2,3)15(20)18(13)12-10-7-5-6-8-11-12/h12-13H,4-11H2,1-3H3,(H,17,19). The molecule has 1 N–H and O–H groups in total. The van der Waals surface area contributed by atoms with Crippen LogP contribution in [-0.4, -0.2) is 34.3 Å².